The predicted molar refractivity (Wildman–Crippen MR) is 67.4 cm³/mol. The van der Waals surface area contributed by atoms with Gasteiger partial charge >= 0.3 is 0 Å². The Morgan fingerprint density at radius 1 is 1.16 bits per heavy atom. The van der Waals surface area contributed by atoms with Gasteiger partial charge in [0.25, 0.3) is 0 Å². The van der Waals surface area contributed by atoms with Gasteiger partial charge in [0.15, 0.2) is 0 Å². The minimum atomic E-state index is -0.698. The first-order chi connectivity index (χ1) is 9.13. The van der Waals surface area contributed by atoms with Crippen LogP contribution in [0.15, 0.2) is 24.5 Å². The molecule has 0 saturated heterocycles. The second-order valence-corrected chi connectivity index (χ2v) is 3.82. The molecule has 0 aliphatic rings. The van der Waals surface area contributed by atoms with Gasteiger partial charge in [-0.15, -0.1) is 0 Å². The first-order valence-electron chi connectivity index (χ1n) is 5.79. The van der Waals surface area contributed by atoms with E-state index in [-0.39, 0.29) is 11.6 Å². The molecule has 1 heterocycles. The Kier molecular flexibility index (Phi) is 3.89. The Morgan fingerprint density at radius 2 is 1.84 bits per heavy atom. The van der Waals surface area contributed by atoms with Crippen LogP contribution in [-0.2, 0) is 6.42 Å². The lowest BCUT2D eigenvalue weighted by Crippen LogP contribution is -2.02. The van der Waals surface area contributed by atoms with E-state index in [1.807, 2.05) is 6.92 Å². The van der Waals surface area contributed by atoms with Crippen LogP contribution in [0, 0.1) is 11.6 Å². The number of halogens is 2. The van der Waals surface area contributed by atoms with Crippen LogP contribution in [0.3, 0.4) is 0 Å². The Labute approximate surface area is 109 Å². The van der Waals surface area contributed by atoms with Gasteiger partial charge in [-0.1, -0.05) is 6.92 Å². The maximum Gasteiger partial charge on any atom is 0.227 e. The number of ether oxygens (including phenoxy) is 1. The van der Waals surface area contributed by atoms with E-state index in [1.165, 1.54) is 6.33 Å². The second-order valence-electron chi connectivity index (χ2n) is 3.82. The van der Waals surface area contributed by atoms with Crippen molar-refractivity contribution >= 4 is 5.82 Å². The summed E-state index contributed by atoms with van der Waals surface area (Å²) in [5, 5.41) is 2.92. The number of nitrogens with one attached hydrogen (secondary N) is 1. The van der Waals surface area contributed by atoms with Crippen molar-refractivity contribution in [2.24, 2.45) is 0 Å². The van der Waals surface area contributed by atoms with Gasteiger partial charge in [-0.25, -0.2) is 18.7 Å². The molecule has 2 rings (SSSR count). The summed E-state index contributed by atoms with van der Waals surface area (Å²) in [6.07, 6.45) is 1.96. The highest BCUT2D eigenvalue weighted by atomic mass is 19.1. The van der Waals surface area contributed by atoms with Crippen LogP contribution in [0.4, 0.5) is 14.6 Å². The summed E-state index contributed by atoms with van der Waals surface area (Å²) in [7, 11) is 1.73. The molecule has 0 radical (unpaired) electrons. The van der Waals surface area contributed by atoms with E-state index in [9.17, 15) is 8.78 Å². The highest BCUT2D eigenvalue weighted by molar-refractivity contribution is 5.49. The molecular weight excluding hydrogens is 252 g/mol. The number of anilines is 1. The maximum absolute atomic E-state index is 13.1. The lowest BCUT2D eigenvalue weighted by molar-refractivity contribution is 0.445. The molecule has 1 N–H and O–H groups in total. The van der Waals surface area contributed by atoms with Crippen molar-refractivity contribution in [1.29, 1.82) is 0 Å². The molecule has 0 spiro atoms. The number of rotatable bonds is 4. The lowest BCUT2D eigenvalue weighted by atomic mass is 10.2. The van der Waals surface area contributed by atoms with E-state index in [2.05, 4.69) is 15.3 Å². The Bertz CT molecular complexity index is 570. The summed E-state index contributed by atoms with van der Waals surface area (Å²) in [6, 6.07) is 2.99. The highest BCUT2D eigenvalue weighted by Crippen LogP contribution is 2.28. The zero-order valence-corrected chi connectivity index (χ0v) is 10.6. The van der Waals surface area contributed by atoms with Gasteiger partial charge in [0.1, 0.15) is 29.5 Å². The van der Waals surface area contributed by atoms with Crippen molar-refractivity contribution in [1.82, 2.24) is 9.97 Å². The molecule has 4 nitrogen and oxygen atoms in total. The molecule has 1 aromatic heterocycles. The average Bonchev–Trinajstić information content (AvgIpc) is 2.37. The zero-order chi connectivity index (χ0) is 13.8. The summed E-state index contributed by atoms with van der Waals surface area (Å²) in [4.78, 5) is 8.05. The van der Waals surface area contributed by atoms with Crippen LogP contribution >= 0.6 is 0 Å². The van der Waals surface area contributed by atoms with Gasteiger partial charge in [0.2, 0.25) is 5.88 Å². The molecule has 6 heteroatoms. The molecule has 0 atom stereocenters. The van der Waals surface area contributed by atoms with Gasteiger partial charge in [0, 0.05) is 25.2 Å². The van der Waals surface area contributed by atoms with E-state index in [1.54, 1.807) is 7.05 Å². The zero-order valence-electron chi connectivity index (χ0n) is 10.6. The summed E-state index contributed by atoms with van der Waals surface area (Å²) >= 11 is 0. The van der Waals surface area contributed by atoms with Crippen molar-refractivity contribution in [3.63, 3.8) is 0 Å². The average molecular weight is 265 g/mol. The molecule has 2 aromatic rings. The number of nitrogens with zero attached hydrogens (tertiary/aromatic N) is 2. The van der Waals surface area contributed by atoms with Crippen LogP contribution in [-0.4, -0.2) is 17.0 Å². The fourth-order valence-electron chi connectivity index (χ4n) is 1.72. The van der Waals surface area contributed by atoms with Crippen LogP contribution < -0.4 is 10.1 Å². The molecule has 0 fully saturated rings. The van der Waals surface area contributed by atoms with Gasteiger partial charge in [-0.05, 0) is 6.42 Å². The first-order valence-corrected chi connectivity index (χ1v) is 5.79. The summed E-state index contributed by atoms with van der Waals surface area (Å²) in [5.41, 5.74) is 0.745. The van der Waals surface area contributed by atoms with Gasteiger partial charge in [-0.3, -0.25) is 0 Å². The van der Waals surface area contributed by atoms with Crippen molar-refractivity contribution in [3.05, 3.63) is 41.7 Å². The van der Waals surface area contributed by atoms with Crippen molar-refractivity contribution in [2.75, 3.05) is 12.4 Å². The van der Waals surface area contributed by atoms with Crippen LogP contribution in [0.25, 0.3) is 0 Å². The molecule has 0 unspecified atom stereocenters. The maximum atomic E-state index is 13.1. The van der Waals surface area contributed by atoms with Crippen molar-refractivity contribution < 1.29 is 13.5 Å². The molecule has 100 valence electrons. The molecule has 0 bridgehead atoms. The first kappa shape index (κ1) is 13.2. The SMILES string of the molecule is CCc1c(NC)ncnc1Oc1cc(F)cc(F)c1. The quantitative estimate of drug-likeness (QED) is 0.922. The van der Waals surface area contributed by atoms with Crippen molar-refractivity contribution in [2.45, 2.75) is 13.3 Å². The van der Waals surface area contributed by atoms with E-state index in [0.717, 1.165) is 23.8 Å². The molecule has 0 aliphatic carbocycles. The van der Waals surface area contributed by atoms with Gasteiger partial charge < -0.3 is 10.1 Å². The number of aromatic nitrogens is 2. The van der Waals surface area contributed by atoms with E-state index in [0.29, 0.717) is 12.2 Å². The van der Waals surface area contributed by atoms with Crippen LogP contribution in [0.2, 0.25) is 0 Å². The Morgan fingerprint density at radius 3 is 2.42 bits per heavy atom. The fourth-order valence-corrected chi connectivity index (χ4v) is 1.72. The molecule has 19 heavy (non-hydrogen) atoms. The topological polar surface area (TPSA) is 47.0 Å². The monoisotopic (exact) mass is 265 g/mol. The third-order valence-electron chi connectivity index (χ3n) is 2.55. The third-order valence-corrected chi connectivity index (χ3v) is 2.55. The number of hydrogen-bond acceptors (Lipinski definition) is 4. The highest BCUT2D eigenvalue weighted by Gasteiger charge is 2.12. The normalized spacial score (nSPS) is 10.3. The fraction of sp³-hybridized carbons (Fsp3) is 0.231. The number of benzene rings is 1. The minimum absolute atomic E-state index is 0.0629. The molecule has 0 aliphatic heterocycles. The van der Waals surface area contributed by atoms with E-state index < -0.39 is 11.6 Å². The molecule has 1 aromatic carbocycles. The summed E-state index contributed by atoms with van der Waals surface area (Å²) < 4.78 is 31.6. The van der Waals surface area contributed by atoms with E-state index in [4.69, 9.17) is 4.74 Å². The third kappa shape index (κ3) is 2.96. The Balaban J connectivity index is 2.37. The van der Waals surface area contributed by atoms with Crippen LogP contribution in [0.1, 0.15) is 12.5 Å². The molecular formula is C13H13F2N3O. The Hall–Kier alpha value is -2.24. The van der Waals surface area contributed by atoms with Crippen molar-refractivity contribution in [3.8, 4) is 11.6 Å². The smallest absolute Gasteiger partial charge is 0.227 e. The van der Waals surface area contributed by atoms with E-state index >= 15 is 0 Å². The largest absolute Gasteiger partial charge is 0.438 e. The van der Waals surface area contributed by atoms with Gasteiger partial charge in [0.05, 0.1) is 5.56 Å². The number of hydrogen-bond donors (Lipinski definition) is 1. The predicted octanol–water partition coefficient (Wildman–Crippen LogP) is 3.15. The second kappa shape index (κ2) is 5.60. The van der Waals surface area contributed by atoms with Gasteiger partial charge in [-0.2, -0.15) is 0 Å². The standard InChI is InChI=1S/C13H13F2N3O/c1-3-11-12(16-2)17-7-18-13(11)19-10-5-8(14)4-9(15)6-10/h4-7H,3H2,1-2H3,(H,16,17,18). The molecule has 0 saturated carbocycles. The lowest BCUT2D eigenvalue weighted by Gasteiger charge is -2.11. The summed E-state index contributed by atoms with van der Waals surface area (Å²) in [5.74, 6) is -0.420. The molecule has 0 amide bonds. The summed E-state index contributed by atoms with van der Waals surface area (Å²) in [6.45, 7) is 1.92. The van der Waals surface area contributed by atoms with Crippen LogP contribution in [0.5, 0.6) is 11.6 Å². The minimum Gasteiger partial charge on any atom is -0.438 e.